The van der Waals surface area contributed by atoms with Crippen LogP contribution in [0.2, 0.25) is 0 Å². The van der Waals surface area contributed by atoms with E-state index >= 15 is 0 Å². The monoisotopic (exact) mass is 234 g/mol. The van der Waals surface area contributed by atoms with Crippen LogP contribution in [0, 0.1) is 0 Å². The Kier molecular flexibility index (Phi) is 3.67. The van der Waals surface area contributed by atoms with E-state index in [2.05, 4.69) is 6.92 Å². The van der Waals surface area contributed by atoms with Crippen LogP contribution in [0.5, 0.6) is 5.75 Å². The van der Waals surface area contributed by atoms with Crippen LogP contribution in [0.15, 0.2) is 24.3 Å². The molecule has 0 spiro atoms. The molecule has 2 rings (SSSR count). The zero-order chi connectivity index (χ0) is 12.3. The molecule has 92 valence electrons. The summed E-state index contributed by atoms with van der Waals surface area (Å²) in [5.41, 5.74) is 1.04. The maximum atomic E-state index is 10.9. The smallest absolute Gasteiger partial charge is 0.303 e. The molecule has 1 heterocycles. The van der Waals surface area contributed by atoms with E-state index in [1.54, 1.807) is 0 Å². The van der Waals surface area contributed by atoms with Gasteiger partial charge in [0.2, 0.25) is 0 Å². The lowest BCUT2D eigenvalue weighted by Crippen LogP contribution is -2.26. The molecule has 0 saturated heterocycles. The molecule has 0 fully saturated rings. The third kappa shape index (κ3) is 2.78. The second kappa shape index (κ2) is 5.21. The minimum Gasteiger partial charge on any atom is -0.490 e. The minimum atomic E-state index is -0.734. The summed E-state index contributed by atoms with van der Waals surface area (Å²) >= 11 is 0. The second-order valence-electron chi connectivity index (χ2n) is 4.60. The summed E-state index contributed by atoms with van der Waals surface area (Å²) < 4.78 is 5.89. The van der Waals surface area contributed by atoms with E-state index in [-0.39, 0.29) is 18.4 Å². The second-order valence-corrected chi connectivity index (χ2v) is 4.60. The predicted octanol–water partition coefficient (Wildman–Crippen LogP) is 3.20. The van der Waals surface area contributed by atoms with Gasteiger partial charge in [-0.3, -0.25) is 4.79 Å². The number of hydrogen-bond acceptors (Lipinski definition) is 2. The molecule has 3 heteroatoms. The maximum absolute atomic E-state index is 10.9. The van der Waals surface area contributed by atoms with Gasteiger partial charge in [0.25, 0.3) is 0 Å². The fraction of sp³-hybridized carbons (Fsp3) is 0.500. The van der Waals surface area contributed by atoms with Crippen LogP contribution >= 0.6 is 0 Å². The van der Waals surface area contributed by atoms with Crippen LogP contribution < -0.4 is 4.74 Å². The molecule has 2 atom stereocenters. The van der Waals surface area contributed by atoms with Crippen molar-refractivity contribution in [2.24, 2.45) is 0 Å². The number of para-hydroxylation sites is 1. The summed E-state index contributed by atoms with van der Waals surface area (Å²) in [4.78, 5) is 10.9. The summed E-state index contributed by atoms with van der Waals surface area (Å²) in [6.07, 6.45) is 3.23. The summed E-state index contributed by atoms with van der Waals surface area (Å²) in [7, 11) is 0. The highest BCUT2D eigenvalue weighted by atomic mass is 16.5. The molecule has 1 N–H and O–H groups in total. The lowest BCUT2D eigenvalue weighted by molar-refractivity contribution is -0.137. The van der Waals surface area contributed by atoms with Gasteiger partial charge in [-0.2, -0.15) is 0 Å². The summed E-state index contributed by atoms with van der Waals surface area (Å²) in [5.74, 6) is 0.222. The molecular formula is C14H18O3. The third-order valence-corrected chi connectivity index (χ3v) is 3.23. The van der Waals surface area contributed by atoms with Crippen LogP contribution in [-0.4, -0.2) is 17.2 Å². The Hall–Kier alpha value is -1.51. The quantitative estimate of drug-likeness (QED) is 0.870. The Morgan fingerprint density at radius 3 is 2.94 bits per heavy atom. The maximum Gasteiger partial charge on any atom is 0.303 e. The number of benzene rings is 1. The molecule has 0 radical (unpaired) electrons. The highest BCUT2D eigenvalue weighted by Gasteiger charge is 2.28. The van der Waals surface area contributed by atoms with Gasteiger partial charge in [-0.15, -0.1) is 0 Å². The topological polar surface area (TPSA) is 46.5 Å². The zero-order valence-electron chi connectivity index (χ0n) is 10.1. The van der Waals surface area contributed by atoms with E-state index in [1.165, 1.54) is 0 Å². The first-order chi connectivity index (χ1) is 8.20. The van der Waals surface area contributed by atoms with Gasteiger partial charge in [0.1, 0.15) is 5.75 Å². The molecule has 17 heavy (non-hydrogen) atoms. The first-order valence-electron chi connectivity index (χ1n) is 6.18. The van der Waals surface area contributed by atoms with Crippen molar-refractivity contribution >= 4 is 5.97 Å². The van der Waals surface area contributed by atoms with Crippen molar-refractivity contribution in [3.05, 3.63) is 29.8 Å². The summed E-state index contributed by atoms with van der Waals surface area (Å²) in [5, 5.41) is 8.97. The van der Waals surface area contributed by atoms with Gasteiger partial charge in [0.15, 0.2) is 0 Å². The largest absolute Gasteiger partial charge is 0.490 e. The number of rotatable bonds is 4. The lowest BCUT2D eigenvalue weighted by Gasteiger charge is -2.31. The van der Waals surface area contributed by atoms with E-state index in [4.69, 9.17) is 9.84 Å². The molecule has 0 bridgehead atoms. The molecule has 0 aliphatic carbocycles. The Bertz CT molecular complexity index is 400. The Morgan fingerprint density at radius 1 is 1.47 bits per heavy atom. The van der Waals surface area contributed by atoms with Crippen LogP contribution in [0.4, 0.5) is 0 Å². The molecule has 1 aliphatic heterocycles. The summed E-state index contributed by atoms with van der Waals surface area (Å²) in [6.45, 7) is 2.12. The van der Waals surface area contributed by atoms with E-state index in [1.807, 2.05) is 24.3 Å². The predicted molar refractivity (Wildman–Crippen MR) is 65.4 cm³/mol. The number of carbonyl (C=O) groups is 1. The number of ether oxygens (including phenoxy) is 1. The van der Waals surface area contributed by atoms with Crippen molar-refractivity contribution in [1.29, 1.82) is 0 Å². The average Bonchev–Trinajstić information content (AvgIpc) is 2.29. The van der Waals surface area contributed by atoms with Gasteiger partial charge >= 0.3 is 5.97 Å². The fourth-order valence-electron chi connectivity index (χ4n) is 2.50. The Balaban J connectivity index is 2.22. The van der Waals surface area contributed by atoms with Gasteiger partial charge in [-0.25, -0.2) is 0 Å². The lowest BCUT2D eigenvalue weighted by atomic mass is 9.86. The molecule has 1 aromatic carbocycles. The van der Waals surface area contributed by atoms with Crippen molar-refractivity contribution in [2.75, 3.05) is 0 Å². The summed E-state index contributed by atoms with van der Waals surface area (Å²) in [6, 6.07) is 7.79. The van der Waals surface area contributed by atoms with Crippen LogP contribution in [0.25, 0.3) is 0 Å². The van der Waals surface area contributed by atoms with E-state index in [9.17, 15) is 4.79 Å². The number of fused-ring (bicyclic) bond motifs is 1. The van der Waals surface area contributed by atoms with Crippen LogP contribution in [0.1, 0.15) is 44.1 Å². The highest BCUT2D eigenvalue weighted by molar-refractivity contribution is 5.68. The average molecular weight is 234 g/mol. The van der Waals surface area contributed by atoms with Crippen molar-refractivity contribution in [2.45, 2.75) is 44.6 Å². The van der Waals surface area contributed by atoms with E-state index < -0.39 is 5.97 Å². The first kappa shape index (κ1) is 12.0. The SMILES string of the molecule is CCC[C@@H]1CC(CC(=O)O)c2ccccc2O1. The van der Waals surface area contributed by atoms with Gasteiger partial charge in [-0.1, -0.05) is 31.5 Å². The van der Waals surface area contributed by atoms with Crippen molar-refractivity contribution in [1.82, 2.24) is 0 Å². The van der Waals surface area contributed by atoms with Gasteiger partial charge in [0, 0.05) is 5.92 Å². The van der Waals surface area contributed by atoms with Gasteiger partial charge in [-0.05, 0) is 24.5 Å². The minimum absolute atomic E-state index is 0.0917. The van der Waals surface area contributed by atoms with Crippen molar-refractivity contribution < 1.29 is 14.6 Å². The van der Waals surface area contributed by atoms with Crippen molar-refractivity contribution in [3.8, 4) is 5.75 Å². The first-order valence-corrected chi connectivity index (χ1v) is 6.18. The molecule has 1 aromatic rings. The third-order valence-electron chi connectivity index (χ3n) is 3.23. The normalized spacial score (nSPS) is 22.6. The zero-order valence-corrected chi connectivity index (χ0v) is 10.1. The van der Waals surface area contributed by atoms with Crippen molar-refractivity contribution in [3.63, 3.8) is 0 Å². The fourth-order valence-corrected chi connectivity index (χ4v) is 2.50. The van der Waals surface area contributed by atoms with Gasteiger partial charge in [0.05, 0.1) is 12.5 Å². The highest BCUT2D eigenvalue weighted by Crippen LogP contribution is 2.39. The molecule has 0 amide bonds. The van der Waals surface area contributed by atoms with Crippen LogP contribution in [0.3, 0.4) is 0 Å². The molecule has 1 unspecified atom stereocenters. The van der Waals surface area contributed by atoms with Gasteiger partial charge < -0.3 is 9.84 Å². The van der Waals surface area contributed by atoms with E-state index in [0.717, 1.165) is 30.6 Å². The number of hydrogen-bond donors (Lipinski definition) is 1. The number of carboxylic acid groups (broad SMARTS) is 1. The molecule has 1 aliphatic rings. The molecular weight excluding hydrogens is 216 g/mol. The van der Waals surface area contributed by atoms with E-state index in [0.29, 0.717) is 0 Å². The number of carboxylic acids is 1. The standard InChI is InChI=1S/C14H18O3/c1-2-5-11-8-10(9-14(15)16)12-6-3-4-7-13(12)17-11/h3-4,6-7,10-11H,2,5,8-9H2,1H3,(H,15,16)/t10?,11-/m1/s1. The Labute approximate surface area is 101 Å². The molecule has 0 aromatic heterocycles. The molecule has 0 saturated carbocycles. The Morgan fingerprint density at radius 2 is 2.24 bits per heavy atom. The molecule has 3 nitrogen and oxygen atoms in total. The number of aliphatic carboxylic acids is 1. The van der Waals surface area contributed by atoms with Crippen LogP contribution in [-0.2, 0) is 4.79 Å².